The van der Waals surface area contributed by atoms with E-state index < -0.39 is 6.36 Å². The van der Waals surface area contributed by atoms with Crippen LogP contribution in [0.3, 0.4) is 0 Å². The fourth-order valence-electron chi connectivity index (χ4n) is 2.05. The summed E-state index contributed by atoms with van der Waals surface area (Å²) in [4.78, 5) is 4.43. The van der Waals surface area contributed by atoms with Gasteiger partial charge in [-0.25, -0.2) is 0 Å². The number of anilines is 1. The highest BCUT2D eigenvalue weighted by molar-refractivity contribution is 5.92. The van der Waals surface area contributed by atoms with E-state index in [9.17, 15) is 13.2 Å². The summed E-state index contributed by atoms with van der Waals surface area (Å²) in [6.07, 6.45) is -2.91. The summed E-state index contributed by atoms with van der Waals surface area (Å²) in [6.45, 7) is 2.05. The molecule has 0 unspecified atom stereocenters. The van der Waals surface area contributed by atoms with Gasteiger partial charge in [-0.05, 0) is 30.7 Å². The Balaban J connectivity index is 2.48. The van der Waals surface area contributed by atoms with Crippen LogP contribution in [0.5, 0.6) is 5.75 Å². The number of ether oxygens (including phenoxy) is 1. The van der Waals surface area contributed by atoms with Gasteiger partial charge in [-0.2, -0.15) is 0 Å². The van der Waals surface area contributed by atoms with E-state index >= 15 is 0 Å². The quantitative estimate of drug-likeness (QED) is 0.916. The van der Waals surface area contributed by atoms with E-state index in [4.69, 9.17) is 0 Å². The lowest BCUT2D eigenvalue weighted by molar-refractivity contribution is -0.274. The van der Waals surface area contributed by atoms with Crippen molar-refractivity contribution >= 4 is 16.6 Å². The normalized spacial score (nSPS) is 11.7. The molecule has 0 fully saturated rings. The minimum Gasteiger partial charge on any atom is -0.406 e. The van der Waals surface area contributed by atoms with E-state index in [2.05, 4.69) is 15.0 Å². The van der Waals surface area contributed by atoms with Crippen molar-refractivity contribution in [3.8, 4) is 5.75 Å². The minimum absolute atomic E-state index is 0.244. The average Bonchev–Trinajstić information content (AvgIpc) is 2.36. The number of nitrogens with zero attached hydrogens (tertiary/aromatic N) is 1. The first-order valence-electron chi connectivity index (χ1n) is 6.30. The monoisotopic (exact) mass is 284 g/mol. The van der Waals surface area contributed by atoms with Gasteiger partial charge in [0.05, 0.1) is 5.52 Å². The van der Waals surface area contributed by atoms with Crippen molar-refractivity contribution < 1.29 is 17.9 Å². The van der Waals surface area contributed by atoms with Gasteiger partial charge in [0, 0.05) is 23.8 Å². The molecule has 0 aliphatic carbocycles. The zero-order valence-electron chi connectivity index (χ0n) is 11.2. The standard InChI is InChI=1S/C14H15F3N2O/c1-3-4-9-7-13(18-2)11-8-10(20-14(15,16)17)5-6-12(11)19-9/h5-8H,3-4H2,1-2H3,(H,18,19). The number of pyridine rings is 1. The average molecular weight is 284 g/mol. The molecule has 0 bridgehead atoms. The van der Waals surface area contributed by atoms with Gasteiger partial charge in [-0.15, -0.1) is 13.2 Å². The molecule has 108 valence electrons. The zero-order chi connectivity index (χ0) is 14.8. The number of hydrogen-bond acceptors (Lipinski definition) is 3. The summed E-state index contributed by atoms with van der Waals surface area (Å²) in [5.74, 6) is -0.244. The predicted octanol–water partition coefficient (Wildman–Crippen LogP) is 4.13. The molecule has 0 atom stereocenters. The molecule has 0 aliphatic heterocycles. The first-order valence-corrected chi connectivity index (χ1v) is 6.30. The van der Waals surface area contributed by atoms with Crippen molar-refractivity contribution in [3.05, 3.63) is 30.0 Å². The number of hydrogen-bond donors (Lipinski definition) is 1. The molecule has 1 N–H and O–H groups in total. The van der Waals surface area contributed by atoms with Crippen molar-refractivity contribution in [2.45, 2.75) is 26.1 Å². The lowest BCUT2D eigenvalue weighted by atomic mass is 10.1. The highest BCUT2D eigenvalue weighted by atomic mass is 19.4. The first kappa shape index (κ1) is 14.4. The molecule has 6 heteroatoms. The summed E-state index contributed by atoms with van der Waals surface area (Å²) in [6, 6.07) is 6.01. The summed E-state index contributed by atoms with van der Waals surface area (Å²) in [5.41, 5.74) is 2.30. The van der Waals surface area contributed by atoms with Gasteiger partial charge in [0.25, 0.3) is 0 Å². The van der Waals surface area contributed by atoms with Gasteiger partial charge in [0.15, 0.2) is 0 Å². The summed E-state index contributed by atoms with van der Waals surface area (Å²) in [7, 11) is 1.72. The minimum atomic E-state index is -4.69. The third-order valence-corrected chi connectivity index (χ3v) is 2.84. The van der Waals surface area contributed by atoms with E-state index in [1.165, 1.54) is 18.2 Å². The molecule has 2 rings (SSSR count). The van der Waals surface area contributed by atoms with Gasteiger partial charge in [0.1, 0.15) is 5.75 Å². The molecule has 0 saturated heterocycles. The number of rotatable bonds is 4. The van der Waals surface area contributed by atoms with Crippen molar-refractivity contribution in [2.24, 2.45) is 0 Å². The lowest BCUT2D eigenvalue weighted by Crippen LogP contribution is -2.17. The Bertz CT molecular complexity index is 611. The molecule has 20 heavy (non-hydrogen) atoms. The van der Waals surface area contributed by atoms with Crippen molar-refractivity contribution in [1.82, 2.24) is 4.98 Å². The van der Waals surface area contributed by atoms with E-state index in [0.717, 1.165) is 24.2 Å². The van der Waals surface area contributed by atoms with Crippen LogP contribution in [0.15, 0.2) is 24.3 Å². The van der Waals surface area contributed by atoms with E-state index in [-0.39, 0.29) is 5.75 Å². The summed E-state index contributed by atoms with van der Waals surface area (Å²) in [5, 5.41) is 3.59. The van der Waals surface area contributed by atoms with Crippen molar-refractivity contribution in [3.63, 3.8) is 0 Å². The molecule has 1 heterocycles. The molecule has 0 radical (unpaired) electrons. The fraction of sp³-hybridized carbons (Fsp3) is 0.357. The van der Waals surface area contributed by atoms with Crippen LogP contribution >= 0.6 is 0 Å². The Kier molecular flexibility index (Phi) is 4.01. The molecular weight excluding hydrogens is 269 g/mol. The molecule has 3 nitrogen and oxygen atoms in total. The molecule has 1 aromatic heterocycles. The number of fused-ring (bicyclic) bond motifs is 1. The molecule has 0 saturated carbocycles. The van der Waals surface area contributed by atoms with Crippen LogP contribution in [0.4, 0.5) is 18.9 Å². The maximum absolute atomic E-state index is 12.2. The number of aryl methyl sites for hydroxylation is 1. The van der Waals surface area contributed by atoms with Crippen LogP contribution in [-0.4, -0.2) is 18.4 Å². The number of aromatic nitrogens is 1. The van der Waals surface area contributed by atoms with Crippen LogP contribution in [-0.2, 0) is 6.42 Å². The fourth-order valence-corrected chi connectivity index (χ4v) is 2.05. The van der Waals surface area contributed by atoms with Crippen molar-refractivity contribution in [2.75, 3.05) is 12.4 Å². The molecule has 1 aromatic carbocycles. The maximum Gasteiger partial charge on any atom is 0.573 e. The number of benzene rings is 1. The summed E-state index contributed by atoms with van der Waals surface area (Å²) >= 11 is 0. The molecule has 0 aliphatic rings. The largest absolute Gasteiger partial charge is 0.573 e. The Hall–Kier alpha value is -1.98. The van der Waals surface area contributed by atoms with Crippen LogP contribution < -0.4 is 10.1 Å². The maximum atomic E-state index is 12.2. The number of nitrogens with one attached hydrogen (secondary N) is 1. The van der Waals surface area contributed by atoms with Gasteiger partial charge < -0.3 is 10.1 Å². The smallest absolute Gasteiger partial charge is 0.406 e. The van der Waals surface area contributed by atoms with Gasteiger partial charge in [-0.1, -0.05) is 13.3 Å². The topological polar surface area (TPSA) is 34.1 Å². The Labute approximate surface area is 114 Å². The van der Waals surface area contributed by atoms with Crippen LogP contribution in [0.2, 0.25) is 0 Å². The molecule has 0 amide bonds. The van der Waals surface area contributed by atoms with Crippen LogP contribution in [0.25, 0.3) is 10.9 Å². The third kappa shape index (κ3) is 3.31. The van der Waals surface area contributed by atoms with E-state index in [1.807, 2.05) is 13.0 Å². The van der Waals surface area contributed by atoms with E-state index in [1.54, 1.807) is 7.05 Å². The number of alkyl halides is 3. The highest BCUT2D eigenvalue weighted by Crippen LogP contribution is 2.30. The second kappa shape index (κ2) is 5.56. The molecule has 2 aromatic rings. The molecule has 0 spiro atoms. The SMILES string of the molecule is CCCc1cc(NC)c2cc(OC(F)(F)F)ccc2n1. The Morgan fingerprint density at radius 2 is 2.00 bits per heavy atom. The van der Waals surface area contributed by atoms with Crippen molar-refractivity contribution in [1.29, 1.82) is 0 Å². The molecular formula is C14H15F3N2O. The van der Waals surface area contributed by atoms with Crippen LogP contribution in [0.1, 0.15) is 19.0 Å². The summed E-state index contributed by atoms with van der Waals surface area (Å²) < 4.78 is 40.6. The first-order chi connectivity index (χ1) is 9.43. The second-order valence-electron chi connectivity index (χ2n) is 4.39. The lowest BCUT2D eigenvalue weighted by Gasteiger charge is -2.12. The third-order valence-electron chi connectivity index (χ3n) is 2.84. The Morgan fingerprint density at radius 1 is 1.25 bits per heavy atom. The van der Waals surface area contributed by atoms with Gasteiger partial charge in [-0.3, -0.25) is 4.98 Å². The predicted molar refractivity (Wildman–Crippen MR) is 72.0 cm³/mol. The second-order valence-corrected chi connectivity index (χ2v) is 4.39. The Morgan fingerprint density at radius 3 is 2.60 bits per heavy atom. The number of halogens is 3. The zero-order valence-corrected chi connectivity index (χ0v) is 11.2. The van der Waals surface area contributed by atoms with Crippen LogP contribution in [0, 0.1) is 0 Å². The van der Waals surface area contributed by atoms with Gasteiger partial charge >= 0.3 is 6.36 Å². The van der Waals surface area contributed by atoms with E-state index in [0.29, 0.717) is 10.9 Å². The highest BCUT2D eigenvalue weighted by Gasteiger charge is 2.31. The van der Waals surface area contributed by atoms with Gasteiger partial charge in [0.2, 0.25) is 0 Å².